The Morgan fingerprint density at radius 1 is 1.33 bits per heavy atom. The van der Waals surface area contributed by atoms with Crippen LogP contribution in [0.1, 0.15) is 6.42 Å². The zero-order chi connectivity index (χ0) is 9.14. The van der Waals surface area contributed by atoms with E-state index in [2.05, 4.69) is 17.9 Å². The lowest BCUT2D eigenvalue weighted by atomic mass is 10.1. The average Bonchev–Trinajstić information content (AvgIpc) is 2.05. The molecule has 0 aromatic carbocycles. The molecule has 4 nitrogen and oxygen atoms in total. The number of dihydropyridines is 1. The molecule has 0 aliphatic carbocycles. The predicted molar refractivity (Wildman–Crippen MR) is 44.6 cm³/mol. The molecule has 1 heterocycles. The summed E-state index contributed by atoms with van der Waals surface area (Å²) in [5.74, 6) is -0.221. The third-order valence-electron chi connectivity index (χ3n) is 1.43. The largest absolute Gasteiger partial charge is 0.494 e. The smallest absolute Gasteiger partial charge is 0.203 e. The summed E-state index contributed by atoms with van der Waals surface area (Å²) in [6.07, 6.45) is 0.144. The highest BCUT2D eigenvalue weighted by molar-refractivity contribution is 7.84. The van der Waals surface area contributed by atoms with Gasteiger partial charge in [0.15, 0.2) is 0 Å². The molecule has 0 amide bonds. The molecule has 0 aromatic rings. The highest BCUT2D eigenvalue weighted by Gasteiger charge is 2.17. The van der Waals surface area contributed by atoms with Gasteiger partial charge in [0, 0.05) is 6.42 Å². The van der Waals surface area contributed by atoms with Crippen LogP contribution < -0.4 is 5.32 Å². The van der Waals surface area contributed by atoms with Gasteiger partial charge in [0.2, 0.25) is 5.88 Å². The van der Waals surface area contributed by atoms with Crippen LogP contribution in [0.5, 0.6) is 0 Å². The zero-order valence-corrected chi connectivity index (χ0v) is 6.89. The van der Waals surface area contributed by atoms with Gasteiger partial charge in [-0.15, -0.1) is 12.6 Å². The molecule has 12 heavy (non-hydrogen) atoms. The lowest BCUT2D eigenvalue weighted by Gasteiger charge is -2.13. The number of nitrogens with one attached hydrogen (secondary N) is 1. The molecule has 5 heteroatoms. The second-order valence-electron chi connectivity index (χ2n) is 2.18. The van der Waals surface area contributed by atoms with Crippen LogP contribution in [0.3, 0.4) is 0 Å². The molecule has 1 aliphatic rings. The number of thiol groups is 1. The van der Waals surface area contributed by atoms with Crippen LogP contribution in [0.4, 0.5) is 0 Å². The van der Waals surface area contributed by atoms with E-state index in [0.29, 0.717) is 10.6 Å². The summed E-state index contributed by atoms with van der Waals surface area (Å²) in [5, 5.41) is 28.9. The zero-order valence-electron chi connectivity index (χ0n) is 6.00. The van der Waals surface area contributed by atoms with Gasteiger partial charge in [-0.25, -0.2) is 0 Å². The number of aliphatic hydroxyl groups is 1. The standard InChI is InChI=1S/C7H5N3OS/c8-2-4-1-5(3-9)7(12)10-6(4)11/h10-12H,1H2. The number of nitriles is 2. The SMILES string of the molecule is N#CC1=C(O)NC(S)=C(C#N)C1. The molecule has 0 aromatic heterocycles. The Morgan fingerprint density at radius 3 is 2.42 bits per heavy atom. The number of aliphatic hydroxyl groups excluding tert-OH is 1. The van der Waals surface area contributed by atoms with Gasteiger partial charge in [-0.05, 0) is 0 Å². The molecule has 60 valence electrons. The van der Waals surface area contributed by atoms with E-state index in [9.17, 15) is 0 Å². The third-order valence-corrected chi connectivity index (χ3v) is 1.81. The molecule has 0 spiro atoms. The Balaban J connectivity index is 2.98. The lowest BCUT2D eigenvalue weighted by Crippen LogP contribution is -2.17. The Kier molecular flexibility index (Phi) is 2.27. The van der Waals surface area contributed by atoms with Gasteiger partial charge in [0.05, 0.1) is 22.2 Å². The van der Waals surface area contributed by atoms with E-state index in [1.165, 1.54) is 0 Å². The molecule has 0 saturated carbocycles. The molecule has 0 fully saturated rings. The van der Waals surface area contributed by atoms with Gasteiger partial charge in [-0.2, -0.15) is 10.5 Å². The summed E-state index contributed by atoms with van der Waals surface area (Å²) < 4.78 is 0. The third kappa shape index (κ3) is 1.36. The molecule has 1 aliphatic heterocycles. The molecule has 0 unspecified atom stereocenters. The highest BCUT2D eigenvalue weighted by Crippen LogP contribution is 2.21. The first-order valence-electron chi connectivity index (χ1n) is 3.10. The van der Waals surface area contributed by atoms with E-state index >= 15 is 0 Å². The fourth-order valence-corrected chi connectivity index (χ4v) is 1.03. The normalized spacial score (nSPS) is 16.6. The van der Waals surface area contributed by atoms with Gasteiger partial charge in [0.1, 0.15) is 6.07 Å². The molecule has 0 saturated heterocycles. The maximum absolute atomic E-state index is 9.11. The second-order valence-corrected chi connectivity index (χ2v) is 2.63. The molecule has 1 rings (SSSR count). The number of allylic oxidation sites excluding steroid dienone is 2. The number of hydrogen-bond donors (Lipinski definition) is 3. The van der Waals surface area contributed by atoms with Gasteiger partial charge >= 0.3 is 0 Å². The first-order chi connectivity index (χ1) is 5.69. The minimum absolute atomic E-state index is 0.144. The molecular weight excluding hydrogens is 174 g/mol. The summed E-state index contributed by atoms with van der Waals surface area (Å²) in [4.78, 5) is 0. The van der Waals surface area contributed by atoms with E-state index in [-0.39, 0.29) is 17.9 Å². The summed E-state index contributed by atoms with van der Waals surface area (Å²) in [7, 11) is 0. The van der Waals surface area contributed by atoms with Crippen molar-refractivity contribution in [2.24, 2.45) is 0 Å². The monoisotopic (exact) mass is 179 g/mol. The Labute approximate surface area is 74.8 Å². The van der Waals surface area contributed by atoms with Crippen LogP contribution in [0, 0.1) is 22.7 Å². The van der Waals surface area contributed by atoms with Crippen LogP contribution >= 0.6 is 12.6 Å². The lowest BCUT2D eigenvalue weighted by molar-refractivity contribution is 0.371. The second kappa shape index (κ2) is 3.21. The molecule has 0 atom stereocenters. The Hall–Kier alpha value is -1.59. The Morgan fingerprint density at radius 2 is 1.92 bits per heavy atom. The molecule has 2 N–H and O–H groups in total. The summed E-state index contributed by atoms with van der Waals surface area (Å²) >= 11 is 3.92. The van der Waals surface area contributed by atoms with Gasteiger partial charge in [-0.1, -0.05) is 0 Å². The fraction of sp³-hybridized carbons (Fsp3) is 0.143. The molecular formula is C7H5N3OS. The predicted octanol–water partition coefficient (Wildman–Crippen LogP) is 0.938. The van der Waals surface area contributed by atoms with Crippen molar-refractivity contribution in [3.8, 4) is 12.1 Å². The van der Waals surface area contributed by atoms with Crippen molar-refractivity contribution < 1.29 is 5.11 Å². The quantitative estimate of drug-likeness (QED) is 0.483. The Bertz CT molecular complexity index is 322. The van der Waals surface area contributed by atoms with Crippen LogP contribution in [0.25, 0.3) is 0 Å². The average molecular weight is 179 g/mol. The summed E-state index contributed by atoms with van der Waals surface area (Å²) in [6, 6.07) is 3.67. The van der Waals surface area contributed by atoms with Crippen molar-refractivity contribution in [3.63, 3.8) is 0 Å². The van der Waals surface area contributed by atoms with E-state index < -0.39 is 0 Å². The van der Waals surface area contributed by atoms with Crippen molar-refractivity contribution in [1.29, 1.82) is 10.5 Å². The number of hydrogen-bond acceptors (Lipinski definition) is 5. The minimum Gasteiger partial charge on any atom is -0.494 e. The fourth-order valence-electron chi connectivity index (χ4n) is 0.792. The van der Waals surface area contributed by atoms with Gasteiger partial charge < -0.3 is 10.4 Å². The maximum Gasteiger partial charge on any atom is 0.203 e. The summed E-state index contributed by atoms with van der Waals surface area (Å²) in [6.45, 7) is 0. The van der Waals surface area contributed by atoms with Crippen molar-refractivity contribution >= 4 is 12.6 Å². The number of rotatable bonds is 0. The first-order valence-corrected chi connectivity index (χ1v) is 3.55. The summed E-state index contributed by atoms with van der Waals surface area (Å²) in [5.41, 5.74) is 0.511. The van der Waals surface area contributed by atoms with Gasteiger partial charge in [-0.3, -0.25) is 0 Å². The van der Waals surface area contributed by atoms with Crippen LogP contribution in [-0.2, 0) is 0 Å². The highest BCUT2D eigenvalue weighted by atomic mass is 32.1. The first kappa shape index (κ1) is 8.51. The van der Waals surface area contributed by atoms with E-state index in [1.807, 2.05) is 6.07 Å². The van der Waals surface area contributed by atoms with Gasteiger partial charge in [0.25, 0.3) is 0 Å². The van der Waals surface area contributed by atoms with Crippen LogP contribution in [0.15, 0.2) is 22.1 Å². The topological polar surface area (TPSA) is 79.8 Å². The molecule has 0 bridgehead atoms. The minimum atomic E-state index is -0.221. The van der Waals surface area contributed by atoms with E-state index in [4.69, 9.17) is 15.6 Å². The van der Waals surface area contributed by atoms with Crippen molar-refractivity contribution in [2.45, 2.75) is 6.42 Å². The van der Waals surface area contributed by atoms with Crippen molar-refractivity contribution in [2.75, 3.05) is 0 Å². The number of nitrogens with zero attached hydrogens (tertiary/aromatic N) is 2. The van der Waals surface area contributed by atoms with Crippen molar-refractivity contribution in [3.05, 3.63) is 22.1 Å². The maximum atomic E-state index is 9.11. The van der Waals surface area contributed by atoms with E-state index in [1.54, 1.807) is 6.07 Å². The van der Waals surface area contributed by atoms with E-state index in [0.717, 1.165) is 0 Å². The van der Waals surface area contributed by atoms with Crippen LogP contribution in [0.2, 0.25) is 0 Å². The van der Waals surface area contributed by atoms with Crippen molar-refractivity contribution in [1.82, 2.24) is 5.32 Å². The van der Waals surface area contributed by atoms with Crippen LogP contribution in [-0.4, -0.2) is 5.11 Å². The molecule has 0 radical (unpaired) electrons.